The van der Waals surface area contributed by atoms with Crippen molar-refractivity contribution in [3.05, 3.63) is 91.0 Å². The van der Waals surface area contributed by atoms with Gasteiger partial charge in [-0.1, -0.05) is 60.7 Å². The van der Waals surface area contributed by atoms with Gasteiger partial charge in [0, 0.05) is 16.7 Å². The minimum Gasteiger partial charge on any atom is -0.497 e. The van der Waals surface area contributed by atoms with Crippen LogP contribution in [0.4, 0.5) is 0 Å². The Morgan fingerprint density at radius 1 is 0.640 bits per heavy atom. The van der Waals surface area contributed by atoms with Crippen molar-refractivity contribution in [2.24, 2.45) is 0 Å². The van der Waals surface area contributed by atoms with Crippen LogP contribution in [0.2, 0.25) is 0 Å². The number of benzene rings is 3. The number of methoxy groups -OCH3 is 1. The first kappa shape index (κ1) is 15.3. The lowest BCUT2D eigenvalue weighted by Gasteiger charge is -2.04. The van der Waals surface area contributed by atoms with Crippen LogP contribution in [0.3, 0.4) is 0 Å². The van der Waals surface area contributed by atoms with Crippen molar-refractivity contribution in [2.75, 3.05) is 7.11 Å². The summed E-state index contributed by atoms with van der Waals surface area (Å²) in [6, 6.07) is 30.6. The molecule has 2 heteroatoms. The van der Waals surface area contributed by atoms with E-state index in [1.54, 1.807) is 7.11 Å². The lowest BCUT2D eigenvalue weighted by Crippen LogP contribution is -1.83. The zero-order valence-corrected chi connectivity index (χ0v) is 14.0. The average molecular weight is 326 g/mol. The van der Waals surface area contributed by atoms with Gasteiger partial charge in [-0.05, 0) is 35.9 Å². The summed E-state index contributed by atoms with van der Waals surface area (Å²) in [7, 11) is 1.67. The van der Waals surface area contributed by atoms with Crippen LogP contribution < -0.4 is 4.74 Å². The molecule has 4 rings (SSSR count). The molecule has 122 valence electrons. The summed E-state index contributed by atoms with van der Waals surface area (Å²) in [6.45, 7) is 0. The molecular weight excluding hydrogens is 308 g/mol. The molecule has 0 aliphatic heterocycles. The molecule has 0 atom stereocenters. The average Bonchev–Trinajstić information content (AvgIpc) is 3.15. The summed E-state index contributed by atoms with van der Waals surface area (Å²) in [4.78, 5) is 0. The summed E-state index contributed by atoms with van der Waals surface area (Å²) in [5, 5.41) is 0. The van der Waals surface area contributed by atoms with Gasteiger partial charge in [0.2, 0.25) is 0 Å². The van der Waals surface area contributed by atoms with Gasteiger partial charge in [0.15, 0.2) is 0 Å². The Kier molecular flexibility index (Phi) is 4.09. The van der Waals surface area contributed by atoms with Gasteiger partial charge in [-0.15, -0.1) is 0 Å². The molecule has 0 saturated heterocycles. The molecule has 0 amide bonds. The number of hydrogen-bond acceptors (Lipinski definition) is 2. The van der Waals surface area contributed by atoms with E-state index in [1.807, 2.05) is 60.7 Å². The molecule has 0 aliphatic carbocycles. The van der Waals surface area contributed by atoms with Crippen LogP contribution in [0, 0.1) is 0 Å². The smallest absolute Gasteiger partial charge is 0.142 e. The highest BCUT2D eigenvalue weighted by molar-refractivity contribution is 5.83. The number of ether oxygens (including phenoxy) is 1. The van der Waals surface area contributed by atoms with Crippen molar-refractivity contribution in [2.45, 2.75) is 0 Å². The largest absolute Gasteiger partial charge is 0.497 e. The summed E-state index contributed by atoms with van der Waals surface area (Å²) < 4.78 is 11.5. The maximum Gasteiger partial charge on any atom is 0.142 e. The van der Waals surface area contributed by atoms with E-state index < -0.39 is 0 Å². The Hall–Kier alpha value is -3.26. The topological polar surface area (TPSA) is 22.4 Å². The highest BCUT2D eigenvalue weighted by Crippen LogP contribution is 2.39. The van der Waals surface area contributed by atoms with Gasteiger partial charge in [-0.25, -0.2) is 0 Å². The van der Waals surface area contributed by atoms with Crippen LogP contribution in [0.15, 0.2) is 95.4 Å². The lowest BCUT2D eigenvalue weighted by atomic mass is 10.0. The normalized spacial score (nSPS) is 10.6. The maximum absolute atomic E-state index is 6.27. The SMILES string of the molecule is COc1ccc(-c2oc(-c3ccccc3)cc2-c2ccccc2)cc1. The minimum atomic E-state index is 0.833. The maximum atomic E-state index is 6.27. The second-order valence-corrected chi connectivity index (χ2v) is 5.81. The first-order valence-corrected chi connectivity index (χ1v) is 8.24. The van der Waals surface area contributed by atoms with Gasteiger partial charge in [0.05, 0.1) is 7.11 Å². The van der Waals surface area contributed by atoms with Gasteiger partial charge in [-0.2, -0.15) is 0 Å². The Balaban J connectivity index is 1.87. The third kappa shape index (κ3) is 3.07. The van der Waals surface area contributed by atoms with Crippen LogP contribution in [0.5, 0.6) is 5.75 Å². The Morgan fingerprint density at radius 2 is 1.24 bits per heavy atom. The van der Waals surface area contributed by atoms with E-state index in [4.69, 9.17) is 9.15 Å². The predicted octanol–water partition coefficient (Wildman–Crippen LogP) is 6.29. The van der Waals surface area contributed by atoms with Gasteiger partial charge in [0.25, 0.3) is 0 Å². The molecule has 4 aromatic rings. The first-order valence-electron chi connectivity index (χ1n) is 8.24. The van der Waals surface area contributed by atoms with Crippen molar-refractivity contribution in [1.82, 2.24) is 0 Å². The van der Waals surface area contributed by atoms with Crippen molar-refractivity contribution >= 4 is 0 Å². The van der Waals surface area contributed by atoms with E-state index in [0.29, 0.717) is 0 Å². The van der Waals surface area contributed by atoms with Gasteiger partial charge < -0.3 is 9.15 Å². The number of hydrogen-bond donors (Lipinski definition) is 0. The highest BCUT2D eigenvalue weighted by atomic mass is 16.5. The molecule has 0 unspecified atom stereocenters. The van der Waals surface area contributed by atoms with E-state index in [-0.39, 0.29) is 0 Å². The lowest BCUT2D eigenvalue weighted by molar-refractivity contribution is 0.415. The fraction of sp³-hybridized carbons (Fsp3) is 0.0435. The molecule has 0 N–H and O–H groups in total. The number of furan rings is 1. The monoisotopic (exact) mass is 326 g/mol. The quantitative estimate of drug-likeness (QED) is 0.440. The molecule has 3 aromatic carbocycles. The van der Waals surface area contributed by atoms with Crippen molar-refractivity contribution < 1.29 is 9.15 Å². The highest BCUT2D eigenvalue weighted by Gasteiger charge is 2.16. The molecule has 0 radical (unpaired) electrons. The minimum absolute atomic E-state index is 0.833. The third-order valence-electron chi connectivity index (χ3n) is 4.23. The van der Waals surface area contributed by atoms with Crippen molar-refractivity contribution in [3.63, 3.8) is 0 Å². The van der Waals surface area contributed by atoms with E-state index >= 15 is 0 Å². The van der Waals surface area contributed by atoms with Gasteiger partial charge in [0.1, 0.15) is 17.3 Å². The van der Waals surface area contributed by atoms with Crippen LogP contribution in [-0.2, 0) is 0 Å². The zero-order chi connectivity index (χ0) is 17.1. The van der Waals surface area contributed by atoms with Gasteiger partial charge in [-0.3, -0.25) is 0 Å². The molecular formula is C23H18O2. The standard InChI is InChI=1S/C23H18O2/c1-24-20-14-12-19(13-15-20)23-21(17-8-4-2-5-9-17)16-22(25-23)18-10-6-3-7-11-18/h2-16H,1H3. The first-order chi connectivity index (χ1) is 12.3. The van der Waals surface area contributed by atoms with Gasteiger partial charge >= 0.3 is 0 Å². The summed E-state index contributed by atoms with van der Waals surface area (Å²) >= 11 is 0. The molecule has 1 aromatic heterocycles. The fourth-order valence-electron chi connectivity index (χ4n) is 2.92. The molecule has 0 bridgehead atoms. The molecule has 0 saturated carbocycles. The van der Waals surface area contributed by atoms with Crippen LogP contribution in [-0.4, -0.2) is 7.11 Å². The Labute approximate surface area is 147 Å². The summed E-state index contributed by atoms with van der Waals surface area (Å²) in [6.07, 6.45) is 0. The summed E-state index contributed by atoms with van der Waals surface area (Å²) in [5.41, 5.74) is 4.32. The Bertz CT molecular complexity index is 952. The van der Waals surface area contributed by atoms with Crippen LogP contribution >= 0.6 is 0 Å². The van der Waals surface area contributed by atoms with E-state index in [2.05, 4.69) is 30.3 Å². The van der Waals surface area contributed by atoms with Crippen LogP contribution in [0.1, 0.15) is 0 Å². The number of rotatable bonds is 4. The van der Waals surface area contributed by atoms with Crippen molar-refractivity contribution in [3.8, 4) is 39.5 Å². The van der Waals surface area contributed by atoms with Crippen molar-refractivity contribution in [1.29, 1.82) is 0 Å². The second-order valence-electron chi connectivity index (χ2n) is 5.81. The summed E-state index contributed by atoms with van der Waals surface area (Å²) in [5.74, 6) is 2.57. The fourth-order valence-corrected chi connectivity index (χ4v) is 2.92. The van der Waals surface area contributed by atoms with E-state index in [9.17, 15) is 0 Å². The van der Waals surface area contributed by atoms with Crippen LogP contribution in [0.25, 0.3) is 33.8 Å². The van der Waals surface area contributed by atoms with E-state index in [0.717, 1.165) is 39.5 Å². The molecule has 0 spiro atoms. The van der Waals surface area contributed by atoms with E-state index in [1.165, 1.54) is 0 Å². The Morgan fingerprint density at radius 3 is 1.84 bits per heavy atom. The molecule has 25 heavy (non-hydrogen) atoms. The molecule has 1 heterocycles. The predicted molar refractivity (Wildman–Crippen MR) is 102 cm³/mol. The second kappa shape index (κ2) is 6.70. The third-order valence-corrected chi connectivity index (χ3v) is 4.23. The zero-order valence-electron chi connectivity index (χ0n) is 14.0. The molecule has 2 nitrogen and oxygen atoms in total. The molecule has 0 aliphatic rings. The molecule has 0 fully saturated rings.